The SMILES string of the molecule is N#CCCN(C/C=C\c1ccco1)CCC#N. The molecule has 0 aliphatic heterocycles. The van der Waals surface area contributed by atoms with Crippen molar-refractivity contribution in [3.63, 3.8) is 0 Å². The van der Waals surface area contributed by atoms with Gasteiger partial charge in [0, 0.05) is 32.5 Å². The van der Waals surface area contributed by atoms with Crippen LogP contribution in [0.3, 0.4) is 0 Å². The lowest BCUT2D eigenvalue weighted by Crippen LogP contribution is -2.25. The van der Waals surface area contributed by atoms with Crippen molar-refractivity contribution in [2.75, 3.05) is 19.6 Å². The second-order valence-corrected chi connectivity index (χ2v) is 3.53. The van der Waals surface area contributed by atoms with Crippen molar-refractivity contribution < 1.29 is 4.42 Å². The molecule has 0 unspecified atom stereocenters. The third-order valence-corrected chi connectivity index (χ3v) is 2.27. The second kappa shape index (κ2) is 8.15. The summed E-state index contributed by atoms with van der Waals surface area (Å²) in [5.74, 6) is 0.811. The van der Waals surface area contributed by atoms with E-state index in [9.17, 15) is 0 Å². The Balaban J connectivity index is 2.37. The minimum absolute atomic E-state index is 0.486. The number of hydrogen-bond acceptors (Lipinski definition) is 4. The fourth-order valence-electron chi connectivity index (χ4n) is 1.41. The molecule has 0 fully saturated rings. The first kappa shape index (κ1) is 13.0. The molecule has 1 aromatic rings. The molecular weight excluding hydrogens is 214 g/mol. The molecule has 0 radical (unpaired) electrons. The van der Waals surface area contributed by atoms with Gasteiger partial charge < -0.3 is 4.42 Å². The van der Waals surface area contributed by atoms with Gasteiger partial charge in [-0.2, -0.15) is 10.5 Å². The lowest BCUT2D eigenvalue weighted by atomic mass is 10.3. The Morgan fingerprint density at radius 3 is 2.47 bits per heavy atom. The summed E-state index contributed by atoms with van der Waals surface area (Å²) in [5.41, 5.74) is 0. The highest BCUT2D eigenvalue weighted by Gasteiger charge is 2.01. The Hall–Kier alpha value is -2.04. The van der Waals surface area contributed by atoms with Gasteiger partial charge in [-0.25, -0.2) is 0 Å². The Kier molecular flexibility index (Phi) is 6.25. The van der Waals surface area contributed by atoms with Crippen LogP contribution >= 0.6 is 0 Å². The highest BCUT2D eigenvalue weighted by molar-refractivity contribution is 5.42. The average molecular weight is 229 g/mol. The van der Waals surface area contributed by atoms with Crippen molar-refractivity contribution in [2.24, 2.45) is 0 Å². The molecule has 0 aliphatic rings. The Morgan fingerprint density at radius 2 is 1.94 bits per heavy atom. The molecule has 0 N–H and O–H groups in total. The predicted molar refractivity (Wildman–Crippen MR) is 64.6 cm³/mol. The zero-order chi connectivity index (χ0) is 12.3. The minimum Gasteiger partial charge on any atom is -0.465 e. The number of nitriles is 2. The van der Waals surface area contributed by atoms with Gasteiger partial charge in [0.25, 0.3) is 0 Å². The molecule has 0 bridgehead atoms. The Morgan fingerprint density at radius 1 is 1.24 bits per heavy atom. The van der Waals surface area contributed by atoms with Crippen molar-refractivity contribution >= 4 is 6.08 Å². The summed E-state index contributed by atoms with van der Waals surface area (Å²) in [6.45, 7) is 2.12. The second-order valence-electron chi connectivity index (χ2n) is 3.53. The van der Waals surface area contributed by atoms with Crippen LogP contribution in [0, 0.1) is 22.7 Å². The van der Waals surface area contributed by atoms with Crippen LogP contribution in [0.4, 0.5) is 0 Å². The molecule has 1 rings (SSSR count). The molecule has 88 valence electrons. The molecule has 0 aromatic carbocycles. The van der Waals surface area contributed by atoms with E-state index in [0.29, 0.717) is 25.9 Å². The summed E-state index contributed by atoms with van der Waals surface area (Å²) in [6.07, 6.45) is 6.47. The molecule has 0 saturated heterocycles. The van der Waals surface area contributed by atoms with Crippen LogP contribution in [0.5, 0.6) is 0 Å². The Bertz CT molecular complexity index is 391. The van der Waals surface area contributed by atoms with Crippen LogP contribution in [0.25, 0.3) is 6.08 Å². The lowest BCUT2D eigenvalue weighted by molar-refractivity contribution is 0.317. The van der Waals surface area contributed by atoms with Crippen LogP contribution in [0.2, 0.25) is 0 Å². The molecule has 4 heteroatoms. The van der Waals surface area contributed by atoms with Gasteiger partial charge in [-0.15, -0.1) is 0 Å². The van der Waals surface area contributed by atoms with Gasteiger partial charge >= 0.3 is 0 Å². The summed E-state index contributed by atoms with van der Waals surface area (Å²) in [7, 11) is 0. The number of rotatable bonds is 7. The summed E-state index contributed by atoms with van der Waals surface area (Å²) in [4.78, 5) is 2.08. The zero-order valence-electron chi connectivity index (χ0n) is 9.67. The minimum atomic E-state index is 0.486. The standard InChI is InChI=1S/C13H15N3O/c14-7-3-10-16(11-4-8-15)9-1-5-13-6-2-12-17-13/h1-2,5-6,12H,3-4,9-11H2/b5-1-. The molecule has 0 amide bonds. The van der Waals surface area contributed by atoms with E-state index in [2.05, 4.69) is 17.0 Å². The maximum Gasteiger partial charge on any atom is 0.126 e. The lowest BCUT2D eigenvalue weighted by Gasteiger charge is -2.17. The third kappa shape index (κ3) is 5.55. The van der Waals surface area contributed by atoms with Crippen molar-refractivity contribution in [3.8, 4) is 12.1 Å². The van der Waals surface area contributed by atoms with E-state index in [4.69, 9.17) is 14.9 Å². The molecule has 1 heterocycles. The number of furan rings is 1. The number of nitrogens with zero attached hydrogens (tertiary/aromatic N) is 3. The third-order valence-electron chi connectivity index (χ3n) is 2.27. The summed E-state index contributed by atoms with van der Waals surface area (Å²) < 4.78 is 5.17. The van der Waals surface area contributed by atoms with Crippen LogP contribution < -0.4 is 0 Å². The molecule has 0 spiro atoms. The summed E-state index contributed by atoms with van der Waals surface area (Å²) in [5, 5.41) is 17.1. The molecule has 0 saturated carbocycles. The molecule has 0 atom stereocenters. The first-order chi connectivity index (χ1) is 8.36. The summed E-state index contributed by atoms with van der Waals surface area (Å²) >= 11 is 0. The highest BCUT2D eigenvalue weighted by Crippen LogP contribution is 2.03. The quantitative estimate of drug-likeness (QED) is 0.720. The summed E-state index contributed by atoms with van der Waals surface area (Å²) in [6, 6.07) is 7.94. The first-order valence-corrected chi connectivity index (χ1v) is 5.53. The molecule has 1 aromatic heterocycles. The largest absolute Gasteiger partial charge is 0.465 e. The predicted octanol–water partition coefficient (Wildman–Crippen LogP) is 2.42. The van der Waals surface area contributed by atoms with Crippen molar-refractivity contribution in [2.45, 2.75) is 12.8 Å². The topological polar surface area (TPSA) is 64.0 Å². The van der Waals surface area contributed by atoms with E-state index < -0.39 is 0 Å². The van der Waals surface area contributed by atoms with Gasteiger partial charge in [0.1, 0.15) is 5.76 Å². The molecule has 4 nitrogen and oxygen atoms in total. The van der Waals surface area contributed by atoms with E-state index in [1.165, 1.54) is 0 Å². The molecular formula is C13H15N3O. The fraction of sp³-hybridized carbons (Fsp3) is 0.385. The van der Waals surface area contributed by atoms with E-state index in [1.807, 2.05) is 24.3 Å². The maximum atomic E-state index is 8.54. The Labute approximate surface area is 101 Å². The van der Waals surface area contributed by atoms with E-state index in [0.717, 1.165) is 12.3 Å². The van der Waals surface area contributed by atoms with Crippen molar-refractivity contribution in [1.29, 1.82) is 10.5 Å². The first-order valence-electron chi connectivity index (χ1n) is 5.53. The van der Waals surface area contributed by atoms with Crippen molar-refractivity contribution in [3.05, 3.63) is 30.2 Å². The van der Waals surface area contributed by atoms with E-state index >= 15 is 0 Å². The number of hydrogen-bond donors (Lipinski definition) is 0. The van der Waals surface area contributed by atoms with E-state index in [-0.39, 0.29) is 0 Å². The van der Waals surface area contributed by atoms with Gasteiger partial charge in [0.2, 0.25) is 0 Å². The van der Waals surface area contributed by atoms with Crippen LogP contribution in [0.1, 0.15) is 18.6 Å². The molecule has 17 heavy (non-hydrogen) atoms. The maximum absolute atomic E-state index is 8.54. The fourth-order valence-corrected chi connectivity index (χ4v) is 1.41. The van der Waals surface area contributed by atoms with Gasteiger partial charge in [0.05, 0.1) is 18.4 Å². The highest BCUT2D eigenvalue weighted by atomic mass is 16.3. The van der Waals surface area contributed by atoms with Gasteiger partial charge in [0.15, 0.2) is 0 Å². The normalized spacial score (nSPS) is 10.5. The molecule has 0 aliphatic carbocycles. The van der Waals surface area contributed by atoms with Crippen LogP contribution in [0.15, 0.2) is 28.9 Å². The van der Waals surface area contributed by atoms with Crippen LogP contribution in [-0.4, -0.2) is 24.5 Å². The van der Waals surface area contributed by atoms with Crippen LogP contribution in [-0.2, 0) is 0 Å². The van der Waals surface area contributed by atoms with Crippen molar-refractivity contribution in [1.82, 2.24) is 4.90 Å². The zero-order valence-corrected chi connectivity index (χ0v) is 9.67. The van der Waals surface area contributed by atoms with Gasteiger partial charge in [-0.3, -0.25) is 4.90 Å². The monoisotopic (exact) mass is 229 g/mol. The van der Waals surface area contributed by atoms with E-state index in [1.54, 1.807) is 6.26 Å². The van der Waals surface area contributed by atoms with Gasteiger partial charge in [-0.05, 0) is 18.2 Å². The van der Waals surface area contributed by atoms with Gasteiger partial charge in [-0.1, -0.05) is 6.08 Å². The smallest absolute Gasteiger partial charge is 0.126 e. The average Bonchev–Trinajstić information content (AvgIpc) is 2.85.